The van der Waals surface area contributed by atoms with Gasteiger partial charge >= 0.3 is 12.1 Å². The van der Waals surface area contributed by atoms with Gasteiger partial charge < -0.3 is 15.2 Å². The lowest BCUT2D eigenvalue weighted by molar-refractivity contribution is -0.139. The molecule has 0 bridgehead atoms. The van der Waals surface area contributed by atoms with Crippen molar-refractivity contribution < 1.29 is 22.2 Å². The van der Waals surface area contributed by atoms with Crippen LogP contribution in [-0.4, -0.2) is 29.8 Å². The second-order valence-electron chi connectivity index (χ2n) is 6.75. The monoisotopic (exact) mass is 389 g/mol. The Morgan fingerprint density at radius 1 is 0.931 bits per heavy atom. The van der Waals surface area contributed by atoms with E-state index in [-0.39, 0.29) is 18.1 Å². The summed E-state index contributed by atoms with van der Waals surface area (Å²) in [4.78, 5) is 24.2. The van der Waals surface area contributed by atoms with Crippen molar-refractivity contribution in [2.24, 2.45) is 0 Å². The summed E-state index contributed by atoms with van der Waals surface area (Å²) in [6, 6.07) is 21.8. The number of carboxylic acid groups (broad SMARTS) is 1. The van der Waals surface area contributed by atoms with Crippen LogP contribution in [0, 0.1) is 0 Å². The minimum atomic E-state index is -2.32. The van der Waals surface area contributed by atoms with Crippen LogP contribution in [-0.2, 0) is 15.9 Å². The molecule has 1 unspecified atom stereocenters. The lowest BCUT2D eigenvalue weighted by Crippen LogP contribution is -2.42. The van der Waals surface area contributed by atoms with Gasteiger partial charge in [0.15, 0.2) is 0 Å². The average Bonchev–Trinajstić information content (AvgIpc) is 3.10. The van der Waals surface area contributed by atoms with Crippen LogP contribution in [0.3, 0.4) is 0 Å². The van der Waals surface area contributed by atoms with E-state index in [1.54, 1.807) is 18.2 Å². The highest BCUT2D eigenvalue weighted by Crippen LogP contribution is 2.44. The fraction of sp³-hybridized carbons (Fsp3) is 0.167. The lowest BCUT2D eigenvalue weighted by atomic mass is 9.98. The Hall–Kier alpha value is -3.60. The number of rotatable bonds is 6. The summed E-state index contributed by atoms with van der Waals surface area (Å²) in [6.45, 7) is 0.0144. The fourth-order valence-corrected chi connectivity index (χ4v) is 3.62. The molecule has 0 spiro atoms. The maximum atomic E-state index is 12.5. The SMILES string of the molecule is [2H]C([2H])(c1ccccc1)C(NC(=O)OCC1c2ccccc2-c2ccccc21)C(=O)O. The fourth-order valence-electron chi connectivity index (χ4n) is 3.62. The third-order valence-corrected chi connectivity index (χ3v) is 4.94. The Kier molecular flexibility index (Phi) is 4.62. The molecule has 29 heavy (non-hydrogen) atoms. The molecule has 0 heterocycles. The second-order valence-corrected chi connectivity index (χ2v) is 6.75. The molecule has 5 heteroatoms. The molecule has 0 saturated heterocycles. The van der Waals surface area contributed by atoms with Crippen molar-refractivity contribution in [3.05, 3.63) is 95.6 Å². The van der Waals surface area contributed by atoms with Crippen molar-refractivity contribution in [3.63, 3.8) is 0 Å². The van der Waals surface area contributed by atoms with E-state index in [0.717, 1.165) is 22.3 Å². The van der Waals surface area contributed by atoms with E-state index < -0.39 is 24.5 Å². The summed E-state index contributed by atoms with van der Waals surface area (Å²) in [5, 5.41) is 11.7. The Labute approximate surface area is 171 Å². The topological polar surface area (TPSA) is 75.6 Å². The summed E-state index contributed by atoms with van der Waals surface area (Å²) in [5.41, 5.74) is 4.38. The summed E-state index contributed by atoms with van der Waals surface area (Å²) in [6.07, 6.45) is -3.30. The zero-order chi connectivity index (χ0) is 22.0. The second kappa shape index (κ2) is 8.19. The van der Waals surface area contributed by atoms with Crippen LogP contribution < -0.4 is 5.32 Å². The lowest BCUT2D eigenvalue weighted by Gasteiger charge is -2.17. The van der Waals surface area contributed by atoms with E-state index >= 15 is 0 Å². The zero-order valence-corrected chi connectivity index (χ0v) is 15.5. The molecule has 1 aliphatic carbocycles. The van der Waals surface area contributed by atoms with Gasteiger partial charge in [-0.15, -0.1) is 0 Å². The molecule has 0 saturated carbocycles. The van der Waals surface area contributed by atoms with Crippen LogP contribution in [0.1, 0.15) is 25.3 Å². The predicted molar refractivity (Wildman–Crippen MR) is 110 cm³/mol. The molecule has 1 aliphatic rings. The number of carbonyl (C=O) groups is 2. The van der Waals surface area contributed by atoms with Gasteiger partial charge in [-0.25, -0.2) is 9.59 Å². The molecule has 3 aromatic carbocycles. The average molecular weight is 389 g/mol. The van der Waals surface area contributed by atoms with E-state index in [9.17, 15) is 14.7 Å². The molecular weight excluding hydrogens is 366 g/mol. The quantitative estimate of drug-likeness (QED) is 0.662. The Balaban J connectivity index is 1.49. The summed E-state index contributed by atoms with van der Waals surface area (Å²) < 4.78 is 21.9. The Morgan fingerprint density at radius 3 is 2.07 bits per heavy atom. The van der Waals surface area contributed by atoms with Crippen LogP contribution in [0.4, 0.5) is 4.79 Å². The normalized spacial score (nSPS) is 14.8. The first-order valence-electron chi connectivity index (χ1n) is 10.3. The molecule has 2 N–H and O–H groups in total. The molecule has 0 radical (unpaired) electrons. The molecular formula is C24H21NO4. The predicted octanol–water partition coefficient (Wildman–Crippen LogP) is 4.22. The molecule has 1 amide bonds. The first kappa shape index (κ1) is 16.4. The van der Waals surface area contributed by atoms with Gasteiger partial charge in [-0.3, -0.25) is 0 Å². The molecule has 4 rings (SSSR count). The van der Waals surface area contributed by atoms with Gasteiger partial charge in [0.25, 0.3) is 0 Å². The number of hydrogen-bond acceptors (Lipinski definition) is 3. The highest BCUT2D eigenvalue weighted by atomic mass is 16.5. The van der Waals surface area contributed by atoms with Gasteiger partial charge in [-0.2, -0.15) is 0 Å². The smallest absolute Gasteiger partial charge is 0.407 e. The van der Waals surface area contributed by atoms with Crippen molar-refractivity contribution in [2.75, 3.05) is 6.61 Å². The van der Waals surface area contributed by atoms with Crippen LogP contribution in [0.5, 0.6) is 0 Å². The number of aliphatic carboxylic acids is 1. The van der Waals surface area contributed by atoms with Gasteiger partial charge in [-0.05, 0) is 27.8 Å². The van der Waals surface area contributed by atoms with Gasteiger partial charge in [0.05, 0.1) is 0 Å². The summed E-state index contributed by atoms with van der Waals surface area (Å²) in [5.74, 6) is -1.66. The van der Waals surface area contributed by atoms with E-state index in [2.05, 4.69) is 5.32 Å². The van der Waals surface area contributed by atoms with E-state index in [0.29, 0.717) is 0 Å². The Bertz CT molecular complexity index is 1070. The number of amides is 1. The van der Waals surface area contributed by atoms with Gasteiger partial charge in [0.1, 0.15) is 12.6 Å². The number of ether oxygens (including phenoxy) is 1. The number of hydrogen-bond donors (Lipinski definition) is 2. The number of carbonyl (C=O) groups excluding carboxylic acids is 1. The van der Waals surface area contributed by atoms with E-state index in [4.69, 9.17) is 7.48 Å². The number of alkyl carbamates (subject to hydrolysis) is 1. The first-order valence-corrected chi connectivity index (χ1v) is 9.29. The minimum Gasteiger partial charge on any atom is -0.480 e. The minimum absolute atomic E-state index is 0.0144. The van der Waals surface area contributed by atoms with Crippen LogP contribution in [0.15, 0.2) is 78.9 Å². The van der Waals surface area contributed by atoms with Crippen LogP contribution >= 0.6 is 0 Å². The largest absolute Gasteiger partial charge is 0.480 e. The Morgan fingerprint density at radius 2 is 1.48 bits per heavy atom. The molecule has 1 atom stereocenters. The maximum Gasteiger partial charge on any atom is 0.407 e. The van der Waals surface area contributed by atoms with Crippen molar-refractivity contribution in [1.29, 1.82) is 0 Å². The zero-order valence-electron chi connectivity index (χ0n) is 17.5. The molecule has 0 aliphatic heterocycles. The summed E-state index contributed by atoms with van der Waals surface area (Å²) >= 11 is 0. The maximum absolute atomic E-state index is 12.5. The van der Waals surface area contributed by atoms with Gasteiger partial charge in [0, 0.05) is 15.0 Å². The van der Waals surface area contributed by atoms with Crippen molar-refractivity contribution >= 4 is 12.1 Å². The molecule has 0 fully saturated rings. The van der Waals surface area contributed by atoms with Crippen molar-refractivity contribution in [2.45, 2.75) is 18.3 Å². The van der Waals surface area contributed by atoms with Crippen LogP contribution in [0.2, 0.25) is 0 Å². The first-order chi connectivity index (χ1) is 14.9. The highest BCUT2D eigenvalue weighted by molar-refractivity contribution is 5.81. The van der Waals surface area contributed by atoms with Gasteiger partial charge in [-0.1, -0.05) is 78.9 Å². The number of fused-ring (bicyclic) bond motifs is 3. The summed E-state index contributed by atoms with van der Waals surface area (Å²) in [7, 11) is 0. The number of benzene rings is 3. The van der Waals surface area contributed by atoms with Crippen LogP contribution in [0.25, 0.3) is 11.1 Å². The van der Waals surface area contributed by atoms with Crippen molar-refractivity contribution in [3.8, 4) is 11.1 Å². The number of carboxylic acids is 1. The van der Waals surface area contributed by atoms with Crippen molar-refractivity contribution in [1.82, 2.24) is 5.32 Å². The standard InChI is InChI=1S/C24H21NO4/c26-23(27)22(14-16-8-2-1-3-9-16)25-24(28)29-15-21-19-12-6-4-10-17(19)18-11-5-7-13-20(18)21/h1-13,21-22H,14-15H2,(H,25,28)(H,26,27)/i14D2. The molecule has 146 valence electrons. The third kappa shape index (κ3) is 3.99. The van der Waals surface area contributed by atoms with Gasteiger partial charge in [0.2, 0.25) is 0 Å². The number of nitrogens with one attached hydrogen (secondary N) is 1. The third-order valence-electron chi connectivity index (χ3n) is 4.94. The molecule has 5 nitrogen and oxygen atoms in total. The van der Waals surface area contributed by atoms with E-state index in [1.807, 2.05) is 48.5 Å². The van der Waals surface area contributed by atoms with E-state index in [1.165, 1.54) is 12.1 Å². The molecule has 3 aromatic rings. The molecule has 0 aromatic heterocycles. The highest BCUT2D eigenvalue weighted by Gasteiger charge is 2.29.